The van der Waals surface area contributed by atoms with Gasteiger partial charge in [-0.2, -0.15) is 4.73 Å². The van der Waals surface area contributed by atoms with Crippen molar-refractivity contribution in [3.63, 3.8) is 0 Å². The van der Waals surface area contributed by atoms with Crippen molar-refractivity contribution in [1.29, 1.82) is 0 Å². The number of carbonyl (C=O) groups is 2. The number of nitrogens with zero attached hydrogens (tertiary/aromatic N) is 1. The van der Waals surface area contributed by atoms with Gasteiger partial charge in [0.15, 0.2) is 6.20 Å². The highest BCUT2D eigenvalue weighted by atomic mass is 16.6. The molecule has 0 unspecified atom stereocenters. The van der Waals surface area contributed by atoms with E-state index in [0.717, 1.165) is 12.3 Å². The molecule has 0 spiro atoms. The first-order valence-corrected chi connectivity index (χ1v) is 6.15. The standard InChI is InChI=1S/C13H17NO7/c1-18-5-7-20-12(15)10-3-4-14(17)11(9-10)13(16)21-8-6-19-2/h3-4,9H,5-8H2,1-2H3. The van der Waals surface area contributed by atoms with E-state index < -0.39 is 11.9 Å². The summed E-state index contributed by atoms with van der Waals surface area (Å²) in [5.74, 6) is -1.49. The lowest BCUT2D eigenvalue weighted by Gasteiger charge is -2.07. The molecule has 1 aromatic heterocycles. The normalized spacial score (nSPS) is 10.2. The molecule has 0 N–H and O–H groups in total. The SMILES string of the molecule is COCCOC(=O)c1cc[n+]([O-])c(C(=O)OCCOC)c1. The number of esters is 2. The van der Waals surface area contributed by atoms with Gasteiger partial charge in [0.25, 0.3) is 0 Å². The van der Waals surface area contributed by atoms with Crippen LogP contribution in [-0.4, -0.2) is 52.6 Å². The summed E-state index contributed by atoms with van der Waals surface area (Å²) < 4.78 is 19.5. The van der Waals surface area contributed by atoms with Crippen molar-refractivity contribution in [3.8, 4) is 0 Å². The predicted octanol–water partition coefficient (Wildman–Crippen LogP) is -0.0736. The van der Waals surface area contributed by atoms with Gasteiger partial charge in [-0.25, -0.2) is 9.59 Å². The van der Waals surface area contributed by atoms with Crippen LogP contribution in [0.2, 0.25) is 0 Å². The maximum absolute atomic E-state index is 11.7. The highest BCUT2D eigenvalue weighted by molar-refractivity contribution is 5.93. The third-order valence-corrected chi connectivity index (χ3v) is 2.41. The molecule has 21 heavy (non-hydrogen) atoms. The Labute approximate surface area is 121 Å². The van der Waals surface area contributed by atoms with Crippen LogP contribution in [0.15, 0.2) is 18.3 Å². The quantitative estimate of drug-likeness (QED) is 0.287. The molecule has 116 valence electrons. The van der Waals surface area contributed by atoms with E-state index in [4.69, 9.17) is 18.9 Å². The molecule has 0 fully saturated rings. The van der Waals surface area contributed by atoms with Crippen molar-refractivity contribution in [2.75, 3.05) is 40.6 Å². The molecule has 0 radical (unpaired) electrons. The molecular weight excluding hydrogens is 282 g/mol. The Hall–Kier alpha value is -2.19. The Morgan fingerprint density at radius 3 is 2.19 bits per heavy atom. The monoisotopic (exact) mass is 299 g/mol. The van der Waals surface area contributed by atoms with E-state index in [0.29, 0.717) is 4.73 Å². The van der Waals surface area contributed by atoms with Crippen molar-refractivity contribution in [2.45, 2.75) is 0 Å². The molecule has 0 aliphatic carbocycles. The van der Waals surface area contributed by atoms with Crippen molar-refractivity contribution in [2.24, 2.45) is 0 Å². The lowest BCUT2D eigenvalue weighted by molar-refractivity contribution is -0.608. The van der Waals surface area contributed by atoms with Crippen LogP contribution in [0, 0.1) is 5.21 Å². The molecule has 0 aliphatic rings. The molecule has 1 aromatic rings. The largest absolute Gasteiger partial charge is 0.618 e. The average molecular weight is 299 g/mol. The fraction of sp³-hybridized carbons (Fsp3) is 0.462. The van der Waals surface area contributed by atoms with Crippen LogP contribution in [0.25, 0.3) is 0 Å². The number of ether oxygens (including phenoxy) is 4. The van der Waals surface area contributed by atoms with Crippen molar-refractivity contribution >= 4 is 11.9 Å². The van der Waals surface area contributed by atoms with Crippen LogP contribution < -0.4 is 4.73 Å². The van der Waals surface area contributed by atoms with Crippen LogP contribution >= 0.6 is 0 Å². The molecule has 0 aliphatic heterocycles. The molecular formula is C13H17NO7. The molecule has 0 saturated heterocycles. The van der Waals surface area contributed by atoms with Gasteiger partial charge >= 0.3 is 17.6 Å². The molecule has 8 nitrogen and oxygen atoms in total. The number of carbonyl (C=O) groups excluding carboxylic acids is 2. The summed E-state index contributed by atoms with van der Waals surface area (Å²) in [6.07, 6.45) is 1.04. The van der Waals surface area contributed by atoms with E-state index in [2.05, 4.69) is 0 Å². The third kappa shape index (κ3) is 5.36. The Morgan fingerprint density at radius 1 is 1.05 bits per heavy atom. The molecule has 0 amide bonds. The van der Waals surface area contributed by atoms with Gasteiger partial charge in [0, 0.05) is 26.4 Å². The van der Waals surface area contributed by atoms with Gasteiger partial charge in [-0.3, -0.25) is 0 Å². The second-order valence-electron chi connectivity index (χ2n) is 3.88. The Balaban J connectivity index is 2.74. The van der Waals surface area contributed by atoms with Gasteiger partial charge in [-0.1, -0.05) is 0 Å². The van der Waals surface area contributed by atoms with Crippen molar-refractivity contribution in [1.82, 2.24) is 0 Å². The first-order valence-electron chi connectivity index (χ1n) is 6.15. The van der Waals surface area contributed by atoms with Gasteiger partial charge in [0.1, 0.15) is 13.2 Å². The summed E-state index contributed by atoms with van der Waals surface area (Å²) in [7, 11) is 2.93. The minimum absolute atomic E-state index is 0.0118. The zero-order chi connectivity index (χ0) is 15.7. The lowest BCUT2D eigenvalue weighted by atomic mass is 10.2. The Morgan fingerprint density at radius 2 is 1.62 bits per heavy atom. The summed E-state index contributed by atoms with van der Waals surface area (Å²) in [5.41, 5.74) is -0.218. The average Bonchev–Trinajstić information content (AvgIpc) is 2.48. The maximum atomic E-state index is 11.7. The van der Waals surface area contributed by atoms with Crippen LogP contribution in [0.4, 0.5) is 0 Å². The Bertz CT molecular complexity index is 489. The van der Waals surface area contributed by atoms with Crippen molar-refractivity contribution in [3.05, 3.63) is 34.8 Å². The summed E-state index contributed by atoms with van der Waals surface area (Å²) in [6, 6.07) is 2.38. The molecule has 1 rings (SSSR count). The van der Waals surface area contributed by atoms with Crippen LogP contribution in [0.1, 0.15) is 20.8 Å². The minimum atomic E-state index is -0.839. The summed E-state index contributed by atoms with van der Waals surface area (Å²) in [4.78, 5) is 23.4. The third-order valence-electron chi connectivity index (χ3n) is 2.41. The molecule has 0 aromatic carbocycles. The van der Waals surface area contributed by atoms with E-state index in [-0.39, 0.29) is 37.7 Å². The summed E-state index contributed by atoms with van der Waals surface area (Å²) >= 11 is 0. The highest BCUT2D eigenvalue weighted by Crippen LogP contribution is 2.04. The van der Waals surface area contributed by atoms with E-state index in [1.807, 2.05) is 0 Å². The summed E-state index contributed by atoms with van der Waals surface area (Å²) in [6.45, 7) is 0.558. The van der Waals surface area contributed by atoms with Crippen LogP contribution in [0.5, 0.6) is 0 Å². The molecule has 8 heteroatoms. The molecule has 1 heterocycles. The lowest BCUT2D eigenvalue weighted by Crippen LogP contribution is -2.35. The molecule has 0 bridgehead atoms. The van der Waals surface area contributed by atoms with E-state index >= 15 is 0 Å². The van der Waals surface area contributed by atoms with Crippen LogP contribution in [-0.2, 0) is 18.9 Å². The minimum Gasteiger partial charge on any atom is -0.618 e. The number of aromatic nitrogens is 1. The first kappa shape index (κ1) is 16.9. The number of methoxy groups -OCH3 is 2. The summed E-state index contributed by atoms with van der Waals surface area (Å²) in [5, 5.41) is 11.5. The van der Waals surface area contributed by atoms with Gasteiger partial charge in [-0.05, 0) is 0 Å². The second-order valence-corrected chi connectivity index (χ2v) is 3.88. The van der Waals surface area contributed by atoms with E-state index in [9.17, 15) is 14.8 Å². The zero-order valence-electron chi connectivity index (χ0n) is 11.9. The number of rotatable bonds is 8. The first-order chi connectivity index (χ1) is 10.1. The van der Waals surface area contributed by atoms with Gasteiger partial charge < -0.3 is 24.2 Å². The van der Waals surface area contributed by atoms with Gasteiger partial charge in [0.05, 0.1) is 18.8 Å². The number of hydrogen-bond donors (Lipinski definition) is 0. The van der Waals surface area contributed by atoms with Crippen LogP contribution in [0.3, 0.4) is 0 Å². The van der Waals surface area contributed by atoms with Gasteiger partial charge in [-0.15, -0.1) is 0 Å². The fourth-order valence-electron chi connectivity index (χ4n) is 1.36. The number of pyridine rings is 1. The van der Waals surface area contributed by atoms with E-state index in [1.165, 1.54) is 20.3 Å². The molecule has 0 saturated carbocycles. The highest BCUT2D eigenvalue weighted by Gasteiger charge is 2.21. The second kappa shape index (κ2) is 8.88. The Kier molecular flexibility index (Phi) is 7.13. The topological polar surface area (TPSA) is 98.0 Å². The predicted molar refractivity (Wildman–Crippen MR) is 69.7 cm³/mol. The van der Waals surface area contributed by atoms with Crippen molar-refractivity contribution < 1.29 is 33.3 Å². The smallest absolute Gasteiger partial charge is 0.405 e. The maximum Gasteiger partial charge on any atom is 0.405 e. The van der Waals surface area contributed by atoms with Gasteiger partial charge in [0.2, 0.25) is 0 Å². The van der Waals surface area contributed by atoms with E-state index in [1.54, 1.807) is 0 Å². The zero-order valence-corrected chi connectivity index (χ0v) is 11.9. The fourth-order valence-corrected chi connectivity index (χ4v) is 1.36. The number of hydrogen-bond acceptors (Lipinski definition) is 7. The molecule has 0 atom stereocenters.